The van der Waals surface area contributed by atoms with Crippen LogP contribution in [0.5, 0.6) is 0 Å². The number of nitrogens with zero attached hydrogens (tertiary/aromatic N) is 3. The topological polar surface area (TPSA) is 89.1 Å². The van der Waals surface area contributed by atoms with Crippen LogP contribution in [0.4, 0.5) is 4.79 Å². The maximum Gasteiger partial charge on any atom is 0.324 e. The molecule has 144 valence electrons. The fraction of sp³-hybridized carbons (Fsp3) is 0.812. The fourth-order valence-electron chi connectivity index (χ4n) is 3.06. The normalized spacial score (nSPS) is 19.2. The number of likely N-dealkylation sites (tertiary alicyclic amines) is 1. The van der Waals surface area contributed by atoms with E-state index in [4.69, 9.17) is 0 Å². The van der Waals surface area contributed by atoms with E-state index in [0.717, 1.165) is 19.5 Å². The van der Waals surface area contributed by atoms with E-state index in [1.807, 2.05) is 0 Å². The third-order valence-corrected chi connectivity index (χ3v) is 4.43. The van der Waals surface area contributed by atoms with E-state index in [2.05, 4.69) is 25.8 Å². The van der Waals surface area contributed by atoms with E-state index < -0.39 is 0 Å². The number of halogens is 1. The monoisotopic (exact) mass is 466 g/mol. The molecule has 0 spiro atoms. The molecule has 2 rings (SSSR count). The maximum atomic E-state index is 11.5. The van der Waals surface area contributed by atoms with Gasteiger partial charge < -0.3 is 20.9 Å². The van der Waals surface area contributed by atoms with Crippen molar-refractivity contribution in [3.05, 3.63) is 0 Å². The number of hydrogen-bond acceptors (Lipinski definition) is 4. The number of aliphatic imine (C=N–C) groups is 1. The van der Waals surface area contributed by atoms with Gasteiger partial charge >= 0.3 is 6.03 Å². The molecule has 2 heterocycles. The number of nitrogens with one attached hydrogen (secondary N) is 3. The van der Waals surface area contributed by atoms with Gasteiger partial charge in [0.1, 0.15) is 0 Å². The molecule has 2 aliphatic rings. The van der Waals surface area contributed by atoms with Gasteiger partial charge in [-0.05, 0) is 38.9 Å². The number of rotatable bonds is 7. The van der Waals surface area contributed by atoms with E-state index in [9.17, 15) is 9.59 Å². The average molecular weight is 466 g/mol. The summed E-state index contributed by atoms with van der Waals surface area (Å²) in [7, 11) is 1.72. The lowest BCUT2D eigenvalue weighted by atomic mass is 10.2. The Hall–Kier alpha value is -1.10. The summed E-state index contributed by atoms with van der Waals surface area (Å²) in [5.41, 5.74) is 0. The van der Waals surface area contributed by atoms with Crippen LogP contribution in [-0.2, 0) is 4.79 Å². The zero-order valence-corrected chi connectivity index (χ0v) is 17.4. The molecule has 2 aliphatic heterocycles. The molecular formula is C16H31IN6O2. The van der Waals surface area contributed by atoms with Gasteiger partial charge in [0, 0.05) is 26.7 Å². The Morgan fingerprint density at radius 2 is 1.76 bits per heavy atom. The van der Waals surface area contributed by atoms with Crippen LogP contribution < -0.4 is 16.0 Å². The van der Waals surface area contributed by atoms with Gasteiger partial charge in [-0.1, -0.05) is 12.8 Å². The Kier molecular flexibility index (Phi) is 10.8. The Balaban J connectivity index is 0.00000312. The molecule has 2 fully saturated rings. The van der Waals surface area contributed by atoms with E-state index in [0.29, 0.717) is 19.0 Å². The summed E-state index contributed by atoms with van der Waals surface area (Å²) >= 11 is 0. The standard InChI is InChI=1S/C16H30N6O2.HI/c1-17-15(19-8-12-22-14(23)13-20-16(22)24)18-7-6-11-21-9-4-2-3-5-10-21;/h2-13H2,1H3,(H,20,24)(H2,17,18,19);1H. The van der Waals surface area contributed by atoms with E-state index in [-0.39, 0.29) is 42.5 Å². The van der Waals surface area contributed by atoms with Crippen molar-refractivity contribution in [1.82, 2.24) is 25.8 Å². The molecule has 0 aromatic heterocycles. The van der Waals surface area contributed by atoms with Crippen molar-refractivity contribution in [2.24, 2.45) is 4.99 Å². The van der Waals surface area contributed by atoms with Crippen molar-refractivity contribution < 1.29 is 9.59 Å². The molecule has 8 nitrogen and oxygen atoms in total. The highest BCUT2D eigenvalue weighted by molar-refractivity contribution is 14.0. The number of imide groups is 1. The van der Waals surface area contributed by atoms with Gasteiger partial charge in [0.15, 0.2) is 5.96 Å². The molecule has 0 radical (unpaired) electrons. The van der Waals surface area contributed by atoms with Crippen molar-refractivity contribution in [1.29, 1.82) is 0 Å². The summed E-state index contributed by atoms with van der Waals surface area (Å²) in [5.74, 6) is 0.528. The summed E-state index contributed by atoms with van der Waals surface area (Å²) < 4.78 is 0. The first-order valence-corrected chi connectivity index (χ1v) is 8.96. The lowest BCUT2D eigenvalue weighted by Crippen LogP contribution is -2.43. The summed E-state index contributed by atoms with van der Waals surface area (Å²) in [4.78, 5) is 30.8. The Morgan fingerprint density at radius 3 is 2.36 bits per heavy atom. The first-order valence-electron chi connectivity index (χ1n) is 8.96. The quantitative estimate of drug-likeness (QED) is 0.168. The first-order chi connectivity index (χ1) is 11.7. The molecule has 0 aromatic carbocycles. The van der Waals surface area contributed by atoms with Crippen LogP contribution in [0.25, 0.3) is 0 Å². The maximum absolute atomic E-state index is 11.5. The van der Waals surface area contributed by atoms with Crippen LogP contribution in [-0.4, -0.2) is 80.6 Å². The van der Waals surface area contributed by atoms with Gasteiger partial charge in [-0.25, -0.2) is 4.79 Å². The molecule has 2 saturated heterocycles. The molecule has 0 unspecified atom stereocenters. The van der Waals surface area contributed by atoms with Gasteiger partial charge in [-0.15, -0.1) is 24.0 Å². The predicted octanol–water partition coefficient (Wildman–Crippen LogP) is 0.587. The molecule has 0 aliphatic carbocycles. The molecule has 3 amide bonds. The molecular weight excluding hydrogens is 435 g/mol. The SMILES string of the molecule is CN=C(NCCCN1CCCCCC1)NCCN1C(=O)CNC1=O.I. The molecule has 9 heteroatoms. The number of carbonyl (C=O) groups is 2. The number of amides is 3. The molecule has 3 N–H and O–H groups in total. The number of hydrogen-bond donors (Lipinski definition) is 3. The Morgan fingerprint density at radius 1 is 1.08 bits per heavy atom. The largest absolute Gasteiger partial charge is 0.356 e. The van der Waals surface area contributed by atoms with Crippen LogP contribution in [0.1, 0.15) is 32.1 Å². The third kappa shape index (κ3) is 7.76. The minimum Gasteiger partial charge on any atom is -0.356 e. The van der Waals surface area contributed by atoms with E-state index in [1.54, 1.807) is 7.05 Å². The molecule has 0 atom stereocenters. The van der Waals surface area contributed by atoms with Gasteiger partial charge in [0.25, 0.3) is 0 Å². The fourth-order valence-corrected chi connectivity index (χ4v) is 3.06. The Labute approximate surface area is 167 Å². The lowest BCUT2D eigenvalue weighted by Gasteiger charge is -2.20. The average Bonchev–Trinajstić information content (AvgIpc) is 2.80. The van der Waals surface area contributed by atoms with Crippen molar-refractivity contribution in [3.8, 4) is 0 Å². The summed E-state index contributed by atoms with van der Waals surface area (Å²) in [5, 5.41) is 8.93. The zero-order valence-electron chi connectivity index (χ0n) is 15.1. The van der Waals surface area contributed by atoms with Crippen LogP contribution in [0.2, 0.25) is 0 Å². The van der Waals surface area contributed by atoms with Gasteiger partial charge in [0.05, 0.1) is 6.54 Å². The predicted molar refractivity (Wildman–Crippen MR) is 109 cm³/mol. The van der Waals surface area contributed by atoms with E-state index in [1.165, 1.54) is 43.7 Å². The molecule has 0 bridgehead atoms. The van der Waals surface area contributed by atoms with Gasteiger partial charge in [-0.2, -0.15) is 0 Å². The molecule has 0 aromatic rings. The van der Waals surface area contributed by atoms with Crippen LogP contribution in [0.3, 0.4) is 0 Å². The van der Waals surface area contributed by atoms with Crippen molar-refractivity contribution >= 4 is 41.9 Å². The minimum atomic E-state index is -0.317. The summed E-state index contributed by atoms with van der Waals surface area (Å²) in [6.45, 7) is 5.36. The van der Waals surface area contributed by atoms with Crippen molar-refractivity contribution in [2.45, 2.75) is 32.1 Å². The number of guanidine groups is 1. The summed E-state index contributed by atoms with van der Waals surface area (Å²) in [6, 6.07) is -0.317. The first kappa shape index (κ1) is 21.9. The smallest absolute Gasteiger partial charge is 0.324 e. The molecule has 0 saturated carbocycles. The van der Waals surface area contributed by atoms with Crippen molar-refractivity contribution in [3.63, 3.8) is 0 Å². The lowest BCUT2D eigenvalue weighted by molar-refractivity contribution is -0.124. The van der Waals surface area contributed by atoms with Crippen LogP contribution >= 0.6 is 24.0 Å². The van der Waals surface area contributed by atoms with Gasteiger partial charge in [-0.3, -0.25) is 14.7 Å². The second-order valence-corrected chi connectivity index (χ2v) is 6.24. The van der Waals surface area contributed by atoms with Crippen molar-refractivity contribution in [2.75, 3.05) is 52.9 Å². The number of urea groups is 1. The summed E-state index contributed by atoms with van der Waals surface area (Å²) in [6.07, 6.45) is 6.44. The van der Waals surface area contributed by atoms with Crippen LogP contribution in [0, 0.1) is 0 Å². The highest BCUT2D eigenvalue weighted by Gasteiger charge is 2.27. The molecule has 25 heavy (non-hydrogen) atoms. The second-order valence-electron chi connectivity index (χ2n) is 6.24. The van der Waals surface area contributed by atoms with E-state index >= 15 is 0 Å². The van der Waals surface area contributed by atoms with Crippen LogP contribution in [0.15, 0.2) is 4.99 Å². The zero-order chi connectivity index (χ0) is 17.2. The number of carbonyl (C=O) groups excluding carboxylic acids is 2. The minimum absolute atomic E-state index is 0. The Bertz CT molecular complexity index is 436. The third-order valence-electron chi connectivity index (χ3n) is 4.43. The highest BCUT2D eigenvalue weighted by atomic mass is 127. The van der Waals surface area contributed by atoms with Gasteiger partial charge in [0.2, 0.25) is 5.91 Å². The highest BCUT2D eigenvalue weighted by Crippen LogP contribution is 2.09. The second kappa shape index (κ2) is 12.3.